The summed E-state index contributed by atoms with van der Waals surface area (Å²) in [5, 5.41) is 11.9. The Bertz CT molecular complexity index is 1490. The number of H-pyrrole nitrogens is 2. The maximum Gasteiger partial charge on any atom is 0.335 e. The third-order valence-corrected chi connectivity index (χ3v) is 5.84. The lowest BCUT2D eigenvalue weighted by molar-refractivity contribution is 0.415. The van der Waals surface area contributed by atoms with Crippen molar-refractivity contribution in [3.05, 3.63) is 85.7 Å². The second-order valence-electron chi connectivity index (χ2n) is 7.94. The molecule has 0 bridgehead atoms. The van der Waals surface area contributed by atoms with Crippen molar-refractivity contribution in [3.8, 4) is 17.3 Å². The number of hydrogen-bond acceptors (Lipinski definition) is 5. The number of rotatable bonds is 6. The summed E-state index contributed by atoms with van der Waals surface area (Å²) < 4.78 is 6.44. The zero-order chi connectivity index (χ0) is 23.7. The molecule has 0 fully saturated rings. The van der Waals surface area contributed by atoms with Gasteiger partial charge in [0.1, 0.15) is 11.3 Å². The van der Waals surface area contributed by atoms with E-state index in [2.05, 4.69) is 15.0 Å². The molecule has 170 valence electrons. The number of nitrogens with zero attached hydrogens (tertiary/aromatic N) is 2. The predicted octanol–water partition coefficient (Wildman–Crippen LogP) is 3.39. The van der Waals surface area contributed by atoms with Crippen LogP contribution >= 0.6 is 0 Å². The molecule has 0 aliphatic carbocycles. The standard InChI is InChI=1S/C25H26N4O4/c1-14-7-5-6-8-21(14)29-24(31)22(23(30)28-25(29)32)16(3)26-12-11-18-15(2)27-20-10-9-17(33-4)13-19(18)20/h5-10,13,27,31H,11-12H2,1-4H3,(H,28,30,32). The maximum absolute atomic E-state index is 12.5. The van der Waals surface area contributed by atoms with E-state index in [4.69, 9.17) is 4.74 Å². The van der Waals surface area contributed by atoms with Crippen molar-refractivity contribution >= 4 is 16.6 Å². The largest absolute Gasteiger partial charge is 0.497 e. The summed E-state index contributed by atoms with van der Waals surface area (Å²) in [6.45, 7) is 5.89. The first kappa shape index (κ1) is 22.1. The van der Waals surface area contributed by atoms with E-state index in [1.807, 2.05) is 44.2 Å². The van der Waals surface area contributed by atoms with Gasteiger partial charge in [-0.05, 0) is 62.6 Å². The van der Waals surface area contributed by atoms with Crippen LogP contribution in [0.3, 0.4) is 0 Å². The Labute approximate surface area is 190 Å². The minimum atomic E-state index is -0.702. The monoisotopic (exact) mass is 446 g/mol. The second kappa shape index (κ2) is 8.82. The Morgan fingerprint density at radius 1 is 1.12 bits per heavy atom. The van der Waals surface area contributed by atoms with Gasteiger partial charge in [-0.15, -0.1) is 0 Å². The maximum atomic E-state index is 12.5. The summed E-state index contributed by atoms with van der Waals surface area (Å²) in [5.74, 6) is 0.352. The number of benzene rings is 2. The zero-order valence-electron chi connectivity index (χ0n) is 19.0. The molecule has 2 aromatic carbocycles. The molecule has 2 heterocycles. The van der Waals surface area contributed by atoms with Crippen LogP contribution in [0.5, 0.6) is 11.6 Å². The lowest BCUT2D eigenvalue weighted by atomic mass is 10.1. The van der Waals surface area contributed by atoms with E-state index >= 15 is 0 Å². The van der Waals surface area contributed by atoms with E-state index in [1.54, 1.807) is 26.2 Å². The summed E-state index contributed by atoms with van der Waals surface area (Å²) >= 11 is 0. The number of aromatic hydroxyl groups is 1. The highest BCUT2D eigenvalue weighted by Crippen LogP contribution is 2.27. The van der Waals surface area contributed by atoms with Gasteiger partial charge in [-0.3, -0.25) is 14.8 Å². The molecule has 2 aromatic heterocycles. The van der Waals surface area contributed by atoms with E-state index < -0.39 is 17.1 Å². The van der Waals surface area contributed by atoms with E-state index in [0.29, 0.717) is 24.4 Å². The van der Waals surface area contributed by atoms with Gasteiger partial charge in [0.25, 0.3) is 5.56 Å². The van der Waals surface area contributed by atoms with Crippen molar-refractivity contribution in [3.63, 3.8) is 0 Å². The second-order valence-corrected chi connectivity index (χ2v) is 7.94. The molecule has 0 amide bonds. The van der Waals surface area contributed by atoms with Crippen LogP contribution in [-0.2, 0) is 6.42 Å². The molecule has 0 atom stereocenters. The molecule has 0 unspecified atom stereocenters. The molecule has 0 aliphatic heterocycles. The zero-order valence-corrected chi connectivity index (χ0v) is 19.0. The van der Waals surface area contributed by atoms with Crippen LogP contribution in [0.25, 0.3) is 16.6 Å². The summed E-state index contributed by atoms with van der Waals surface area (Å²) in [5.41, 5.74) is 3.41. The molecular formula is C25H26N4O4. The SMILES string of the molecule is COc1ccc2[nH]c(C)c(CCN=C(C)c3c(O)n(-c4ccccc4C)c(=O)[nH]c3=O)c2c1. The van der Waals surface area contributed by atoms with Gasteiger partial charge in [-0.1, -0.05) is 18.2 Å². The number of aliphatic imine (C=N–C) groups is 1. The van der Waals surface area contributed by atoms with Gasteiger partial charge in [0, 0.05) is 28.9 Å². The van der Waals surface area contributed by atoms with Crippen LogP contribution in [0.4, 0.5) is 0 Å². The van der Waals surface area contributed by atoms with Gasteiger partial charge in [0.15, 0.2) is 0 Å². The number of aromatic amines is 2. The first-order valence-electron chi connectivity index (χ1n) is 10.6. The quantitative estimate of drug-likeness (QED) is 0.394. The molecule has 0 aliphatic rings. The molecular weight excluding hydrogens is 420 g/mol. The van der Waals surface area contributed by atoms with E-state index in [1.165, 1.54) is 0 Å². The Morgan fingerprint density at radius 3 is 2.61 bits per heavy atom. The van der Waals surface area contributed by atoms with Crippen LogP contribution in [0.1, 0.15) is 29.3 Å². The molecule has 0 radical (unpaired) electrons. The molecule has 3 N–H and O–H groups in total. The molecule has 4 rings (SSSR count). The van der Waals surface area contributed by atoms with Crippen molar-refractivity contribution in [1.29, 1.82) is 0 Å². The third-order valence-electron chi connectivity index (χ3n) is 5.84. The average Bonchev–Trinajstić information content (AvgIpc) is 3.09. The molecule has 8 heteroatoms. The van der Waals surface area contributed by atoms with Crippen molar-refractivity contribution in [2.24, 2.45) is 4.99 Å². The smallest absolute Gasteiger partial charge is 0.335 e. The topological polar surface area (TPSA) is 112 Å². The normalized spacial score (nSPS) is 11.8. The fourth-order valence-corrected chi connectivity index (χ4v) is 4.11. The minimum Gasteiger partial charge on any atom is -0.497 e. The highest BCUT2D eigenvalue weighted by Gasteiger charge is 2.19. The molecule has 0 saturated heterocycles. The Kier molecular flexibility index (Phi) is 5.91. The summed E-state index contributed by atoms with van der Waals surface area (Å²) in [6.07, 6.45) is 0.631. The number of ether oxygens (including phenoxy) is 1. The number of hydrogen-bond donors (Lipinski definition) is 3. The van der Waals surface area contributed by atoms with Crippen LogP contribution < -0.4 is 16.0 Å². The summed E-state index contributed by atoms with van der Waals surface area (Å²) in [7, 11) is 1.63. The Hall–Kier alpha value is -4.07. The fraction of sp³-hybridized carbons (Fsp3) is 0.240. The van der Waals surface area contributed by atoms with Crippen LogP contribution in [-0.4, -0.2) is 39.0 Å². The first-order valence-corrected chi connectivity index (χ1v) is 10.6. The average molecular weight is 447 g/mol. The van der Waals surface area contributed by atoms with Crippen molar-refractivity contribution in [2.45, 2.75) is 27.2 Å². The molecule has 8 nitrogen and oxygen atoms in total. The van der Waals surface area contributed by atoms with Gasteiger partial charge in [0.2, 0.25) is 5.88 Å². The van der Waals surface area contributed by atoms with Crippen molar-refractivity contribution in [2.75, 3.05) is 13.7 Å². The third kappa shape index (κ3) is 4.07. The van der Waals surface area contributed by atoms with E-state index in [9.17, 15) is 14.7 Å². The van der Waals surface area contributed by atoms with Crippen LogP contribution in [0, 0.1) is 13.8 Å². The van der Waals surface area contributed by atoms with Gasteiger partial charge in [0.05, 0.1) is 12.8 Å². The number of aromatic nitrogens is 3. The fourth-order valence-electron chi connectivity index (χ4n) is 4.11. The molecule has 0 spiro atoms. The number of nitrogens with one attached hydrogen (secondary N) is 2. The van der Waals surface area contributed by atoms with Gasteiger partial charge in [-0.2, -0.15) is 0 Å². The molecule has 33 heavy (non-hydrogen) atoms. The number of fused-ring (bicyclic) bond motifs is 1. The Morgan fingerprint density at radius 2 is 1.88 bits per heavy atom. The first-order chi connectivity index (χ1) is 15.8. The summed E-state index contributed by atoms with van der Waals surface area (Å²) in [4.78, 5) is 35.2. The lowest BCUT2D eigenvalue weighted by Crippen LogP contribution is -2.33. The molecule has 0 saturated carbocycles. The number of aryl methyl sites for hydroxylation is 2. The minimum absolute atomic E-state index is 0.0184. The predicted molar refractivity (Wildman–Crippen MR) is 129 cm³/mol. The lowest BCUT2D eigenvalue weighted by Gasteiger charge is -2.13. The van der Waals surface area contributed by atoms with Gasteiger partial charge >= 0.3 is 5.69 Å². The van der Waals surface area contributed by atoms with Crippen LogP contribution in [0.15, 0.2) is 57.0 Å². The van der Waals surface area contributed by atoms with Crippen molar-refractivity contribution in [1.82, 2.24) is 14.5 Å². The van der Waals surface area contributed by atoms with Crippen molar-refractivity contribution < 1.29 is 9.84 Å². The van der Waals surface area contributed by atoms with E-state index in [-0.39, 0.29) is 5.56 Å². The van der Waals surface area contributed by atoms with Gasteiger partial charge < -0.3 is 14.8 Å². The van der Waals surface area contributed by atoms with E-state index in [0.717, 1.165) is 38.0 Å². The summed E-state index contributed by atoms with van der Waals surface area (Å²) in [6, 6.07) is 13.0. The van der Waals surface area contributed by atoms with Crippen LogP contribution in [0.2, 0.25) is 0 Å². The number of para-hydroxylation sites is 1. The Balaban J connectivity index is 1.68. The van der Waals surface area contributed by atoms with Gasteiger partial charge in [-0.25, -0.2) is 9.36 Å². The molecule has 4 aromatic rings. The highest BCUT2D eigenvalue weighted by molar-refractivity contribution is 6.00. The highest BCUT2D eigenvalue weighted by atomic mass is 16.5. The number of methoxy groups -OCH3 is 1.